The van der Waals surface area contributed by atoms with Gasteiger partial charge in [0.25, 0.3) is 5.91 Å². The largest absolute Gasteiger partial charge is 0.467 e. The Balaban J connectivity index is 1.30. The highest BCUT2D eigenvalue weighted by molar-refractivity contribution is 7.89. The van der Waals surface area contributed by atoms with E-state index in [4.69, 9.17) is 9.15 Å². The summed E-state index contributed by atoms with van der Waals surface area (Å²) in [5, 5.41) is 2.57. The molecule has 1 saturated heterocycles. The monoisotopic (exact) mass is 497 g/mol. The lowest BCUT2D eigenvalue weighted by atomic mass is 10.2. The highest BCUT2D eigenvalue weighted by Gasteiger charge is 2.29. The Kier molecular flexibility index (Phi) is 7.96. The highest BCUT2D eigenvalue weighted by Crippen LogP contribution is 2.20. The van der Waals surface area contributed by atoms with Crippen LogP contribution in [0.15, 0.2) is 82.3 Å². The number of amides is 1. The van der Waals surface area contributed by atoms with Crippen molar-refractivity contribution in [2.45, 2.75) is 18.0 Å². The van der Waals surface area contributed by atoms with E-state index in [9.17, 15) is 18.0 Å². The molecule has 0 unspecified atom stereocenters. The summed E-state index contributed by atoms with van der Waals surface area (Å²) in [6.45, 7) is 2.41. The molecule has 1 aromatic heterocycles. The van der Waals surface area contributed by atoms with Crippen LogP contribution < -0.4 is 5.32 Å². The van der Waals surface area contributed by atoms with E-state index in [2.05, 4.69) is 22.3 Å². The van der Waals surface area contributed by atoms with Crippen LogP contribution in [0.5, 0.6) is 0 Å². The summed E-state index contributed by atoms with van der Waals surface area (Å²) in [7, 11) is -3.77. The molecule has 0 radical (unpaired) electrons. The number of piperazine rings is 1. The van der Waals surface area contributed by atoms with Crippen molar-refractivity contribution in [3.8, 4) is 0 Å². The molecule has 1 aliphatic rings. The van der Waals surface area contributed by atoms with Crippen molar-refractivity contribution in [3.05, 3.63) is 89.9 Å². The van der Waals surface area contributed by atoms with Gasteiger partial charge in [0, 0.05) is 32.7 Å². The van der Waals surface area contributed by atoms with E-state index in [1.807, 2.05) is 18.2 Å². The van der Waals surface area contributed by atoms with Gasteiger partial charge in [0.1, 0.15) is 5.76 Å². The zero-order valence-electron chi connectivity index (χ0n) is 19.1. The SMILES string of the molecule is O=C(COC(=O)c1cccc(S(=O)(=O)N2CCN(Cc3ccccc3)CC2)c1)NCc1ccco1. The second-order valence-electron chi connectivity index (χ2n) is 8.13. The lowest BCUT2D eigenvalue weighted by Gasteiger charge is -2.34. The van der Waals surface area contributed by atoms with Crippen LogP contribution in [-0.4, -0.2) is 62.3 Å². The van der Waals surface area contributed by atoms with Crippen molar-refractivity contribution in [1.29, 1.82) is 0 Å². The molecule has 10 heteroatoms. The lowest BCUT2D eigenvalue weighted by molar-refractivity contribution is -0.124. The number of sulfonamides is 1. The number of nitrogens with one attached hydrogen (secondary N) is 1. The van der Waals surface area contributed by atoms with Crippen LogP contribution in [0.4, 0.5) is 0 Å². The molecule has 1 fully saturated rings. The van der Waals surface area contributed by atoms with Gasteiger partial charge in [0.15, 0.2) is 6.61 Å². The summed E-state index contributed by atoms with van der Waals surface area (Å²) in [5.74, 6) is -0.696. The molecule has 0 atom stereocenters. The average molecular weight is 498 g/mol. The van der Waals surface area contributed by atoms with Crippen LogP contribution in [0.3, 0.4) is 0 Å². The number of hydrogen-bond acceptors (Lipinski definition) is 7. The number of hydrogen-bond donors (Lipinski definition) is 1. The van der Waals surface area contributed by atoms with E-state index in [0.717, 1.165) is 6.54 Å². The summed E-state index contributed by atoms with van der Waals surface area (Å²) in [5.41, 5.74) is 1.25. The first-order valence-electron chi connectivity index (χ1n) is 11.2. The van der Waals surface area contributed by atoms with Gasteiger partial charge in [-0.2, -0.15) is 4.31 Å². The summed E-state index contributed by atoms with van der Waals surface area (Å²) < 4.78 is 37.9. The number of ether oxygens (including phenoxy) is 1. The van der Waals surface area contributed by atoms with Crippen molar-refractivity contribution < 1.29 is 27.2 Å². The van der Waals surface area contributed by atoms with E-state index in [1.165, 1.54) is 40.4 Å². The predicted octanol–water partition coefficient (Wildman–Crippen LogP) is 2.26. The zero-order chi connectivity index (χ0) is 24.7. The Morgan fingerprint density at radius 1 is 0.943 bits per heavy atom. The summed E-state index contributed by atoms with van der Waals surface area (Å²) in [4.78, 5) is 26.6. The first-order chi connectivity index (χ1) is 16.9. The fourth-order valence-corrected chi connectivity index (χ4v) is 5.24. The Bertz CT molecular complexity index is 1240. The molecule has 9 nitrogen and oxygen atoms in total. The minimum atomic E-state index is -3.77. The van der Waals surface area contributed by atoms with Gasteiger partial charge >= 0.3 is 5.97 Å². The van der Waals surface area contributed by atoms with Crippen LogP contribution in [0.1, 0.15) is 21.7 Å². The first-order valence-corrected chi connectivity index (χ1v) is 12.7. The molecule has 0 aliphatic carbocycles. The maximum Gasteiger partial charge on any atom is 0.338 e. The summed E-state index contributed by atoms with van der Waals surface area (Å²) >= 11 is 0. The molecule has 2 aromatic carbocycles. The lowest BCUT2D eigenvalue weighted by Crippen LogP contribution is -2.48. The second kappa shape index (κ2) is 11.3. The topological polar surface area (TPSA) is 109 Å². The molecule has 1 aliphatic heterocycles. The van der Waals surface area contributed by atoms with Gasteiger partial charge in [0.05, 0.1) is 23.3 Å². The molecule has 0 bridgehead atoms. The van der Waals surface area contributed by atoms with E-state index in [0.29, 0.717) is 31.9 Å². The fraction of sp³-hybridized carbons (Fsp3) is 0.280. The molecule has 2 heterocycles. The van der Waals surface area contributed by atoms with Gasteiger partial charge in [-0.3, -0.25) is 9.69 Å². The molecule has 4 rings (SSSR count). The molecular weight excluding hydrogens is 470 g/mol. The standard InChI is InChI=1S/C25H27N3O6S/c29-24(26-17-22-9-5-15-33-22)19-34-25(30)21-8-4-10-23(16-21)35(31,32)28-13-11-27(12-14-28)18-20-6-2-1-3-7-20/h1-10,15-16H,11-14,17-19H2,(H,26,29). The minimum absolute atomic E-state index is 0.0192. The number of rotatable bonds is 9. The average Bonchev–Trinajstić information content (AvgIpc) is 3.41. The van der Waals surface area contributed by atoms with Crippen LogP contribution in [0.2, 0.25) is 0 Å². The number of carbonyl (C=O) groups excluding carboxylic acids is 2. The van der Waals surface area contributed by atoms with Gasteiger partial charge in [-0.05, 0) is 35.9 Å². The first kappa shape index (κ1) is 24.6. The van der Waals surface area contributed by atoms with Gasteiger partial charge in [-0.25, -0.2) is 13.2 Å². The molecule has 3 aromatic rings. The maximum absolute atomic E-state index is 13.2. The second-order valence-corrected chi connectivity index (χ2v) is 10.1. The van der Waals surface area contributed by atoms with Crippen LogP contribution in [0, 0.1) is 0 Å². The third-order valence-electron chi connectivity index (χ3n) is 5.66. The normalized spacial score (nSPS) is 15.0. The Labute approximate surface area is 204 Å². The number of benzene rings is 2. The molecule has 1 amide bonds. The van der Waals surface area contributed by atoms with Gasteiger partial charge in [0.2, 0.25) is 10.0 Å². The number of carbonyl (C=O) groups is 2. The summed E-state index contributed by atoms with van der Waals surface area (Å²) in [6.07, 6.45) is 1.49. The van der Waals surface area contributed by atoms with Crippen LogP contribution in [-0.2, 0) is 32.6 Å². The number of furan rings is 1. The van der Waals surface area contributed by atoms with E-state index in [1.54, 1.807) is 12.1 Å². The van der Waals surface area contributed by atoms with E-state index >= 15 is 0 Å². The Hall–Kier alpha value is -3.47. The van der Waals surface area contributed by atoms with E-state index < -0.39 is 28.5 Å². The zero-order valence-corrected chi connectivity index (χ0v) is 19.9. The molecule has 184 valence electrons. The smallest absolute Gasteiger partial charge is 0.338 e. The summed E-state index contributed by atoms with van der Waals surface area (Å²) in [6, 6.07) is 19.2. The molecule has 0 spiro atoms. The van der Waals surface area contributed by atoms with E-state index in [-0.39, 0.29) is 17.0 Å². The van der Waals surface area contributed by atoms with Crippen molar-refractivity contribution >= 4 is 21.9 Å². The third kappa shape index (κ3) is 6.56. The third-order valence-corrected chi connectivity index (χ3v) is 7.56. The molecule has 35 heavy (non-hydrogen) atoms. The Morgan fingerprint density at radius 3 is 2.43 bits per heavy atom. The van der Waals surface area contributed by atoms with Crippen molar-refractivity contribution in [2.24, 2.45) is 0 Å². The quantitative estimate of drug-likeness (QED) is 0.452. The van der Waals surface area contributed by atoms with Gasteiger partial charge in [-0.1, -0.05) is 36.4 Å². The maximum atomic E-state index is 13.2. The molecule has 1 N–H and O–H groups in total. The minimum Gasteiger partial charge on any atom is -0.467 e. The van der Waals surface area contributed by atoms with Gasteiger partial charge < -0.3 is 14.5 Å². The number of esters is 1. The predicted molar refractivity (Wildman–Crippen MR) is 128 cm³/mol. The fourth-order valence-electron chi connectivity index (χ4n) is 3.77. The number of nitrogens with zero attached hydrogens (tertiary/aromatic N) is 2. The molecular formula is C25H27N3O6S. The van der Waals surface area contributed by atoms with Gasteiger partial charge in [-0.15, -0.1) is 0 Å². The van der Waals surface area contributed by atoms with Crippen LogP contribution >= 0.6 is 0 Å². The highest BCUT2D eigenvalue weighted by atomic mass is 32.2. The Morgan fingerprint density at radius 2 is 1.71 bits per heavy atom. The van der Waals surface area contributed by atoms with Crippen molar-refractivity contribution in [2.75, 3.05) is 32.8 Å². The van der Waals surface area contributed by atoms with Crippen molar-refractivity contribution in [3.63, 3.8) is 0 Å². The van der Waals surface area contributed by atoms with Crippen LogP contribution in [0.25, 0.3) is 0 Å². The van der Waals surface area contributed by atoms with Crippen molar-refractivity contribution in [1.82, 2.24) is 14.5 Å². The molecule has 0 saturated carbocycles.